The Morgan fingerprint density at radius 1 is 1.12 bits per heavy atom. The fourth-order valence-corrected chi connectivity index (χ4v) is 2.49. The standard InChI is InChI=1S/C20H23FN2O3/c1-15(24)22-18(16-8-4-3-5-9-16)14-20(25)23(2)12-13-26-19-11-7-6-10-17(19)21/h3-11,18H,12-14H2,1-2H3,(H,22,24). The van der Waals surface area contributed by atoms with Gasteiger partial charge in [0.05, 0.1) is 19.0 Å². The summed E-state index contributed by atoms with van der Waals surface area (Å²) >= 11 is 0. The third-order valence-corrected chi connectivity index (χ3v) is 3.90. The summed E-state index contributed by atoms with van der Waals surface area (Å²) in [6, 6.07) is 15.1. The zero-order valence-electron chi connectivity index (χ0n) is 14.9. The Labute approximate surface area is 152 Å². The summed E-state index contributed by atoms with van der Waals surface area (Å²) in [6.07, 6.45) is 0.139. The average molecular weight is 358 g/mol. The number of halogens is 1. The van der Waals surface area contributed by atoms with E-state index in [0.717, 1.165) is 5.56 Å². The van der Waals surface area contributed by atoms with E-state index in [4.69, 9.17) is 4.74 Å². The Hall–Kier alpha value is -2.89. The van der Waals surface area contributed by atoms with E-state index in [1.165, 1.54) is 17.9 Å². The number of rotatable bonds is 8. The third-order valence-electron chi connectivity index (χ3n) is 3.90. The van der Waals surface area contributed by atoms with Gasteiger partial charge >= 0.3 is 0 Å². The highest BCUT2D eigenvalue weighted by atomic mass is 19.1. The van der Waals surface area contributed by atoms with Crippen LogP contribution in [0.2, 0.25) is 0 Å². The SMILES string of the molecule is CC(=O)NC(CC(=O)N(C)CCOc1ccccc1F)c1ccccc1. The predicted molar refractivity (Wildman–Crippen MR) is 97.1 cm³/mol. The summed E-state index contributed by atoms with van der Waals surface area (Å²) in [4.78, 5) is 25.4. The first-order valence-electron chi connectivity index (χ1n) is 8.40. The first-order chi connectivity index (χ1) is 12.5. The van der Waals surface area contributed by atoms with Crippen LogP contribution in [-0.2, 0) is 9.59 Å². The minimum absolute atomic E-state index is 0.135. The number of nitrogens with zero attached hydrogens (tertiary/aromatic N) is 1. The number of carbonyl (C=O) groups is 2. The number of ether oxygens (including phenoxy) is 1. The van der Waals surface area contributed by atoms with Crippen molar-refractivity contribution >= 4 is 11.8 Å². The molecule has 1 unspecified atom stereocenters. The van der Waals surface area contributed by atoms with Gasteiger partial charge in [0, 0.05) is 14.0 Å². The summed E-state index contributed by atoms with van der Waals surface area (Å²) in [5, 5.41) is 2.80. The first kappa shape index (κ1) is 19.4. The Morgan fingerprint density at radius 2 is 1.77 bits per heavy atom. The highest BCUT2D eigenvalue weighted by Crippen LogP contribution is 2.18. The van der Waals surface area contributed by atoms with Crippen molar-refractivity contribution in [2.75, 3.05) is 20.2 Å². The minimum atomic E-state index is -0.434. The lowest BCUT2D eigenvalue weighted by Gasteiger charge is -2.22. The number of hydrogen-bond acceptors (Lipinski definition) is 3. The number of para-hydroxylation sites is 1. The lowest BCUT2D eigenvalue weighted by atomic mass is 10.0. The van der Waals surface area contributed by atoms with Gasteiger partial charge in [-0.25, -0.2) is 4.39 Å². The van der Waals surface area contributed by atoms with Crippen LogP contribution in [0.1, 0.15) is 24.9 Å². The van der Waals surface area contributed by atoms with Crippen LogP contribution in [0.15, 0.2) is 54.6 Å². The fraction of sp³-hybridized carbons (Fsp3) is 0.300. The molecule has 138 valence electrons. The van der Waals surface area contributed by atoms with E-state index < -0.39 is 11.9 Å². The Bertz CT molecular complexity index is 737. The minimum Gasteiger partial charge on any atom is -0.489 e. The van der Waals surface area contributed by atoms with E-state index in [1.54, 1.807) is 25.2 Å². The number of nitrogens with one attached hydrogen (secondary N) is 1. The second kappa shape index (κ2) is 9.56. The Morgan fingerprint density at radius 3 is 2.42 bits per heavy atom. The Balaban J connectivity index is 1.89. The molecule has 0 fully saturated rings. The largest absolute Gasteiger partial charge is 0.489 e. The van der Waals surface area contributed by atoms with Crippen molar-refractivity contribution in [3.05, 3.63) is 66.0 Å². The van der Waals surface area contributed by atoms with E-state index in [2.05, 4.69) is 5.32 Å². The van der Waals surface area contributed by atoms with Crippen LogP contribution in [0.4, 0.5) is 4.39 Å². The molecule has 0 aliphatic heterocycles. The number of hydrogen-bond donors (Lipinski definition) is 1. The predicted octanol–water partition coefficient (Wildman–Crippen LogP) is 2.93. The van der Waals surface area contributed by atoms with Gasteiger partial charge in [0.15, 0.2) is 11.6 Å². The zero-order valence-corrected chi connectivity index (χ0v) is 14.9. The molecular formula is C20H23FN2O3. The van der Waals surface area contributed by atoms with Crippen LogP contribution in [0, 0.1) is 5.82 Å². The molecule has 2 aromatic rings. The van der Waals surface area contributed by atoms with E-state index in [1.807, 2.05) is 30.3 Å². The highest BCUT2D eigenvalue weighted by Gasteiger charge is 2.19. The highest BCUT2D eigenvalue weighted by molar-refractivity contribution is 5.79. The molecule has 0 aliphatic carbocycles. The summed E-state index contributed by atoms with van der Waals surface area (Å²) < 4.78 is 18.9. The molecule has 5 nitrogen and oxygen atoms in total. The second-order valence-electron chi connectivity index (χ2n) is 5.96. The topological polar surface area (TPSA) is 58.6 Å². The van der Waals surface area contributed by atoms with Crippen molar-refractivity contribution in [2.45, 2.75) is 19.4 Å². The van der Waals surface area contributed by atoms with Gasteiger partial charge in [-0.3, -0.25) is 9.59 Å². The van der Waals surface area contributed by atoms with Crippen LogP contribution >= 0.6 is 0 Å². The van der Waals surface area contributed by atoms with E-state index in [0.29, 0.717) is 6.54 Å². The Kier molecular flexibility index (Phi) is 7.14. The number of carbonyl (C=O) groups excluding carboxylic acids is 2. The lowest BCUT2D eigenvalue weighted by molar-refractivity contribution is -0.131. The van der Waals surface area contributed by atoms with Gasteiger partial charge < -0.3 is 15.0 Å². The van der Waals surface area contributed by atoms with E-state index in [9.17, 15) is 14.0 Å². The third kappa shape index (κ3) is 5.88. The molecule has 0 spiro atoms. The quantitative estimate of drug-likeness (QED) is 0.789. The van der Waals surface area contributed by atoms with Gasteiger partial charge in [-0.05, 0) is 17.7 Å². The molecule has 26 heavy (non-hydrogen) atoms. The van der Waals surface area contributed by atoms with Gasteiger partial charge in [0.2, 0.25) is 11.8 Å². The van der Waals surface area contributed by atoms with Crippen LogP contribution in [-0.4, -0.2) is 36.9 Å². The summed E-state index contributed by atoms with van der Waals surface area (Å²) in [6.45, 7) is 1.92. The molecule has 2 aromatic carbocycles. The molecule has 6 heteroatoms. The van der Waals surface area contributed by atoms with Crippen molar-refractivity contribution in [3.8, 4) is 5.75 Å². The molecule has 2 amide bonds. The van der Waals surface area contributed by atoms with Gasteiger partial charge in [-0.2, -0.15) is 0 Å². The summed E-state index contributed by atoms with van der Waals surface area (Å²) in [7, 11) is 1.66. The molecule has 0 aliphatic rings. The molecule has 0 saturated carbocycles. The van der Waals surface area contributed by atoms with Crippen LogP contribution in [0.3, 0.4) is 0 Å². The number of amides is 2. The average Bonchev–Trinajstić information content (AvgIpc) is 2.63. The normalized spacial score (nSPS) is 11.5. The fourth-order valence-electron chi connectivity index (χ4n) is 2.49. The van der Waals surface area contributed by atoms with Gasteiger partial charge in [0.25, 0.3) is 0 Å². The molecule has 0 saturated heterocycles. The van der Waals surface area contributed by atoms with Crippen molar-refractivity contribution in [3.63, 3.8) is 0 Å². The van der Waals surface area contributed by atoms with Crippen molar-refractivity contribution in [2.24, 2.45) is 0 Å². The molecule has 1 N–H and O–H groups in total. The molecule has 0 radical (unpaired) electrons. The monoisotopic (exact) mass is 358 g/mol. The number of likely N-dealkylation sites (N-methyl/N-ethyl adjacent to an activating group) is 1. The van der Waals surface area contributed by atoms with Crippen LogP contribution < -0.4 is 10.1 Å². The molecule has 0 bridgehead atoms. The van der Waals surface area contributed by atoms with E-state index >= 15 is 0 Å². The zero-order chi connectivity index (χ0) is 18.9. The molecule has 2 rings (SSSR count). The maximum Gasteiger partial charge on any atom is 0.224 e. The number of benzene rings is 2. The maximum absolute atomic E-state index is 13.5. The van der Waals surface area contributed by atoms with Crippen molar-refractivity contribution in [1.29, 1.82) is 0 Å². The lowest BCUT2D eigenvalue weighted by Crippen LogP contribution is -2.35. The molecule has 0 aromatic heterocycles. The molecular weight excluding hydrogens is 335 g/mol. The first-order valence-corrected chi connectivity index (χ1v) is 8.40. The van der Waals surface area contributed by atoms with Crippen LogP contribution in [0.25, 0.3) is 0 Å². The van der Waals surface area contributed by atoms with E-state index in [-0.39, 0.29) is 30.6 Å². The maximum atomic E-state index is 13.5. The smallest absolute Gasteiger partial charge is 0.224 e. The molecule has 1 atom stereocenters. The second-order valence-corrected chi connectivity index (χ2v) is 5.96. The summed E-state index contributed by atoms with van der Waals surface area (Å²) in [5.74, 6) is -0.605. The van der Waals surface area contributed by atoms with Crippen LogP contribution in [0.5, 0.6) is 5.75 Å². The summed E-state index contributed by atoms with van der Waals surface area (Å²) in [5.41, 5.74) is 0.868. The van der Waals surface area contributed by atoms with Gasteiger partial charge in [0.1, 0.15) is 6.61 Å². The van der Waals surface area contributed by atoms with Crippen molar-refractivity contribution in [1.82, 2.24) is 10.2 Å². The van der Waals surface area contributed by atoms with Crippen molar-refractivity contribution < 1.29 is 18.7 Å². The van der Waals surface area contributed by atoms with Gasteiger partial charge in [-0.15, -0.1) is 0 Å². The molecule has 0 heterocycles. The van der Waals surface area contributed by atoms with Gasteiger partial charge in [-0.1, -0.05) is 42.5 Å².